The van der Waals surface area contributed by atoms with Crippen LogP contribution in [0, 0.1) is 0 Å². The molecule has 6 heteroatoms. The number of anilines is 1. The SMILES string of the molecule is CC(O)C(C)Nc1c(Cl)cccc1C(F)(F)F. The average Bonchev–Trinajstić information content (AvgIpc) is 2.18. The Bertz CT molecular complexity index is 393. The number of alkyl halides is 3. The number of benzene rings is 1. The molecule has 0 aliphatic heterocycles. The second-order valence-corrected chi connectivity index (χ2v) is 4.24. The van der Waals surface area contributed by atoms with Gasteiger partial charge in [-0.05, 0) is 26.0 Å². The summed E-state index contributed by atoms with van der Waals surface area (Å²) >= 11 is 5.74. The summed E-state index contributed by atoms with van der Waals surface area (Å²) < 4.78 is 38.2. The van der Waals surface area contributed by atoms with E-state index in [1.807, 2.05) is 0 Å². The summed E-state index contributed by atoms with van der Waals surface area (Å²) in [6.45, 7) is 3.07. The van der Waals surface area contributed by atoms with Crippen LogP contribution in [0.4, 0.5) is 18.9 Å². The van der Waals surface area contributed by atoms with Crippen molar-refractivity contribution in [3.05, 3.63) is 28.8 Å². The van der Waals surface area contributed by atoms with Crippen LogP contribution in [0.5, 0.6) is 0 Å². The van der Waals surface area contributed by atoms with Crippen molar-refractivity contribution in [2.75, 3.05) is 5.32 Å². The molecular formula is C11H13ClF3NO. The third-order valence-corrected chi connectivity index (χ3v) is 2.73. The molecule has 1 aromatic carbocycles. The number of hydrogen-bond acceptors (Lipinski definition) is 2. The number of halogens is 4. The molecule has 2 unspecified atom stereocenters. The highest BCUT2D eigenvalue weighted by atomic mass is 35.5. The van der Waals surface area contributed by atoms with Crippen molar-refractivity contribution in [3.8, 4) is 0 Å². The number of para-hydroxylation sites is 1. The summed E-state index contributed by atoms with van der Waals surface area (Å²) in [4.78, 5) is 0. The van der Waals surface area contributed by atoms with Crippen molar-refractivity contribution in [2.24, 2.45) is 0 Å². The van der Waals surface area contributed by atoms with Gasteiger partial charge in [-0.25, -0.2) is 0 Å². The smallest absolute Gasteiger partial charge is 0.391 e. The van der Waals surface area contributed by atoms with Crippen LogP contribution in [0.2, 0.25) is 5.02 Å². The normalized spacial score (nSPS) is 15.5. The third-order valence-electron chi connectivity index (χ3n) is 2.41. The van der Waals surface area contributed by atoms with Crippen molar-refractivity contribution in [3.63, 3.8) is 0 Å². The first-order valence-corrected chi connectivity index (χ1v) is 5.41. The molecular weight excluding hydrogens is 255 g/mol. The molecule has 17 heavy (non-hydrogen) atoms. The molecule has 0 radical (unpaired) electrons. The van der Waals surface area contributed by atoms with Gasteiger partial charge in [-0.15, -0.1) is 0 Å². The van der Waals surface area contributed by atoms with E-state index >= 15 is 0 Å². The van der Waals surface area contributed by atoms with Crippen LogP contribution < -0.4 is 5.32 Å². The molecule has 2 atom stereocenters. The summed E-state index contributed by atoms with van der Waals surface area (Å²) in [5, 5.41) is 11.8. The number of rotatable bonds is 3. The number of hydrogen-bond donors (Lipinski definition) is 2. The maximum Gasteiger partial charge on any atom is 0.418 e. The van der Waals surface area contributed by atoms with Gasteiger partial charge < -0.3 is 10.4 Å². The van der Waals surface area contributed by atoms with E-state index in [1.165, 1.54) is 19.1 Å². The Morgan fingerprint density at radius 3 is 2.35 bits per heavy atom. The lowest BCUT2D eigenvalue weighted by Gasteiger charge is -2.22. The van der Waals surface area contributed by atoms with Crippen molar-refractivity contribution in [2.45, 2.75) is 32.2 Å². The average molecular weight is 268 g/mol. The second-order valence-electron chi connectivity index (χ2n) is 3.83. The van der Waals surface area contributed by atoms with Crippen LogP contribution in [-0.4, -0.2) is 17.3 Å². The fourth-order valence-electron chi connectivity index (χ4n) is 1.26. The highest BCUT2D eigenvalue weighted by Crippen LogP contribution is 2.38. The third kappa shape index (κ3) is 3.51. The molecule has 96 valence electrons. The zero-order valence-electron chi connectivity index (χ0n) is 9.35. The van der Waals surface area contributed by atoms with Gasteiger partial charge in [0.1, 0.15) is 0 Å². The van der Waals surface area contributed by atoms with Crippen molar-refractivity contribution < 1.29 is 18.3 Å². The van der Waals surface area contributed by atoms with Crippen molar-refractivity contribution >= 4 is 17.3 Å². The van der Waals surface area contributed by atoms with Crippen LogP contribution in [-0.2, 0) is 6.18 Å². The van der Waals surface area contributed by atoms with Crippen LogP contribution in [0.3, 0.4) is 0 Å². The molecule has 0 saturated heterocycles. The van der Waals surface area contributed by atoms with Gasteiger partial charge >= 0.3 is 6.18 Å². The highest BCUT2D eigenvalue weighted by molar-refractivity contribution is 6.33. The van der Waals surface area contributed by atoms with Gasteiger partial charge in [-0.2, -0.15) is 13.2 Å². The van der Waals surface area contributed by atoms with Crippen molar-refractivity contribution in [1.29, 1.82) is 0 Å². The molecule has 1 aromatic rings. The largest absolute Gasteiger partial charge is 0.418 e. The maximum atomic E-state index is 12.7. The first kappa shape index (κ1) is 14.1. The zero-order chi connectivity index (χ0) is 13.2. The monoisotopic (exact) mass is 267 g/mol. The lowest BCUT2D eigenvalue weighted by Crippen LogP contribution is -2.29. The van der Waals surface area contributed by atoms with Crippen molar-refractivity contribution in [1.82, 2.24) is 0 Å². The highest BCUT2D eigenvalue weighted by Gasteiger charge is 2.34. The molecule has 0 aromatic heterocycles. The fourth-order valence-corrected chi connectivity index (χ4v) is 1.48. The van der Waals surface area contributed by atoms with E-state index in [0.717, 1.165) is 6.07 Å². The molecule has 0 amide bonds. The zero-order valence-corrected chi connectivity index (χ0v) is 10.1. The first-order valence-electron chi connectivity index (χ1n) is 5.03. The molecule has 2 nitrogen and oxygen atoms in total. The van der Waals surface area contributed by atoms with Gasteiger partial charge in [0, 0.05) is 6.04 Å². The maximum absolute atomic E-state index is 12.7. The lowest BCUT2D eigenvalue weighted by atomic mass is 10.1. The van der Waals surface area contributed by atoms with Gasteiger partial charge in [0.2, 0.25) is 0 Å². The molecule has 2 N–H and O–H groups in total. The molecule has 0 saturated carbocycles. The van der Waals surface area contributed by atoms with Gasteiger partial charge in [0.15, 0.2) is 0 Å². The van der Waals surface area contributed by atoms with E-state index in [2.05, 4.69) is 5.32 Å². The molecule has 0 bridgehead atoms. The van der Waals surface area contributed by atoms with E-state index in [0.29, 0.717) is 0 Å². The molecule has 0 fully saturated rings. The summed E-state index contributed by atoms with van der Waals surface area (Å²) in [7, 11) is 0. The molecule has 0 aliphatic carbocycles. The van der Waals surface area contributed by atoms with E-state index in [1.54, 1.807) is 6.92 Å². The van der Waals surface area contributed by atoms with Crippen LogP contribution in [0.15, 0.2) is 18.2 Å². The van der Waals surface area contributed by atoms with Gasteiger partial charge in [0.05, 0.1) is 22.4 Å². The van der Waals surface area contributed by atoms with Crippen LogP contribution in [0.1, 0.15) is 19.4 Å². The fraction of sp³-hybridized carbons (Fsp3) is 0.455. The molecule has 1 rings (SSSR count). The predicted octanol–water partition coefficient (Wildman–Crippen LogP) is 3.54. The van der Waals surface area contributed by atoms with Gasteiger partial charge in [-0.3, -0.25) is 0 Å². The summed E-state index contributed by atoms with van der Waals surface area (Å²) in [5.41, 5.74) is -1.03. The Labute approximate surface area is 102 Å². The van der Waals surface area contributed by atoms with Gasteiger partial charge in [0.25, 0.3) is 0 Å². The number of aliphatic hydroxyl groups excluding tert-OH is 1. The van der Waals surface area contributed by atoms with Crippen LogP contribution >= 0.6 is 11.6 Å². The summed E-state index contributed by atoms with van der Waals surface area (Å²) in [6.07, 6.45) is -5.27. The summed E-state index contributed by atoms with van der Waals surface area (Å²) in [5.74, 6) is 0. The summed E-state index contributed by atoms with van der Waals surface area (Å²) in [6, 6.07) is 3.02. The van der Waals surface area contributed by atoms with E-state index < -0.39 is 23.9 Å². The number of nitrogens with one attached hydrogen (secondary N) is 1. The standard InChI is InChI=1S/C11H13ClF3NO/c1-6(7(2)17)16-10-8(11(13,14)15)4-3-5-9(10)12/h3-7,16-17H,1-2H3. The molecule has 0 heterocycles. The van der Waals surface area contributed by atoms with Gasteiger partial charge in [-0.1, -0.05) is 17.7 Å². The Morgan fingerprint density at radius 2 is 1.88 bits per heavy atom. The minimum absolute atomic E-state index is 0.0210. The molecule has 0 aliphatic rings. The quantitative estimate of drug-likeness (QED) is 0.878. The first-order chi connectivity index (χ1) is 7.73. The minimum Gasteiger partial charge on any atom is -0.391 e. The second kappa shape index (κ2) is 5.14. The topological polar surface area (TPSA) is 32.3 Å². The van der Waals surface area contributed by atoms with E-state index in [9.17, 15) is 18.3 Å². The van der Waals surface area contributed by atoms with E-state index in [-0.39, 0.29) is 10.7 Å². The Balaban J connectivity index is 3.13. The Hall–Kier alpha value is -0.940. The predicted molar refractivity (Wildman–Crippen MR) is 61.2 cm³/mol. The lowest BCUT2D eigenvalue weighted by molar-refractivity contribution is -0.137. The molecule has 0 spiro atoms. The Kier molecular flexibility index (Phi) is 4.27. The number of aliphatic hydroxyl groups is 1. The van der Waals surface area contributed by atoms with E-state index in [4.69, 9.17) is 11.6 Å². The minimum atomic E-state index is -4.48. The van der Waals surface area contributed by atoms with Crippen LogP contribution in [0.25, 0.3) is 0 Å². The Morgan fingerprint density at radius 1 is 1.29 bits per heavy atom.